The molecule has 1 atom stereocenters. The summed E-state index contributed by atoms with van der Waals surface area (Å²) in [5.74, 6) is 1.07. The van der Waals surface area contributed by atoms with Gasteiger partial charge in [0.1, 0.15) is 5.75 Å². The fourth-order valence-corrected chi connectivity index (χ4v) is 4.22. The predicted molar refractivity (Wildman–Crippen MR) is 106 cm³/mol. The van der Waals surface area contributed by atoms with Gasteiger partial charge in [-0.25, -0.2) is 0 Å². The van der Waals surface area contributed by atoms with E-state index < -0.39 is 0 Å². The first-order chi connectivity index (χ1) is 13.7. The van der Waals surface area contributed by atoms with Gasteiger partial charge in [0.15, 0.2) is 0 Å². The highest BCUT2D eigenvalue weighted by molar-refractivity contribution is 5.98. The molecule has 5 rings (SSSR count). The van der Waals surface area contributed by atoms with Gasteiger partial charge in [-0.3, -0.25) is 9.78 Å². The van der Waals surface area contributed by atoms with Gasteiger partial charge >= 0.3 is 0 Å². The minimum Gasteiger partial charge on any atom is -0.493 e. The lowest BCUT2D eigenvalue weighted by atomic mass is 9.74. The van der Waals surface area contributed by atoms with Crippen molar-refractivity contribution in [2.45, 2.75) is 31.4 Å². The standard InChI is InChI=1S/C23H22N2O3/c26-19-12-18(13-19)22(16-4-6-21-15(11-16)7-9-28-21)25-23(27)17-3-5-20-14(10-17)2-1-8-24-20/h1-6,8,10-11,18-19,22,26H,7,9,12-13H2,(H,25,27)/t18?,19?,22-/m1/s1. The first-order valence-corrected chi connectivity index (χ1v) is 9.77. The third-order valence-electron chi connectivity index (χ3n) is 5.85. The van der Waals surface area contributed by atoms with Crippen molar-refractivity contribution in [1.82, 2.24) is 10.3 Å². The summed E-state index contributed by atoms with van der Waals surface area (Å²) in [6, 6.07) is 15.4. The number of benzene rings is 2. The lowest BCUT2D eigenvalue weighted by molar-refractivity contribution is 0.0235. The van der Waals surface area contributed by atoms with E-state index in [0.29, 0.717) is 25.0 Å². The van der Waals surface area contributed by atoms with Crippen molar-refractivity contribution >= 4 is 16.8 Å². The van der Waals surface area contributed by atoms with Crippen LogP contribution in [-0.2, 0) is 6.42 Å². The zero-order chi connectivity index (χ0) is 19.1. The van der Waals surface area contributed by atoms with Gasteiger partial charge in [-0.2, -0.15) is 0 Å². The molecule has 2 N–H and O–H groups in total. The molecule has 142 valence electrons. The van der Waals surface area contributed by atoms with E-state index in [1.807, 2.05) is 42.5 Å². The smallest absolute Gasteiger partial charge is 0.251 e. The third-order valence-corrected chi connectivity index (χ3v) is 5.85. The first-order valence-electron chi connectivity index (χ1n) is 9.77. The summed E-state index contributed by atoms with van der Waals surface area (Å²) >= 11 is 0. The monoisotopic (exact) mass is 374 g/mol. The van der Waals surface area contributed by atoms with Gasteiger partial charge in [-0.15, -0.1) is 0 Å². The number of hydrogen-bond acceptors (Lipinski definition) is 4. The molecule has 28 heavy (non-hydrogen) atoms. The van der Waals surface area contributed by atoms with Crippen molar-refractivity contribution in [2.24, 2.45) is 5.92 Å². The second kappa shape index (κ2) is 6.91. The Morgan fingerprint density at radius 3 is 2.93 bits per heavy atom. The van der Waals surface area contributed by atoms with Crippen molar-refractivity contribution in [1.29, 1.82) is 0 Å². The Labute approximate surface area is 163 Å². The fraction of sp³-hybridized carbons (Fsp3) is 0.304. The summed E-state index contributed by atoms with van der Waals surface area (Å²) in [5.41, 5.74) is 3.76. The number of carbonyl (C=O) groups excluding carboxylic acids is 1. The van der Waals surface area contributed by atoms with Crippen LogP contribution in [0.3, 0.4) is 0 Å². The maximum absolute atomic E-state index is 13.0. The van der Waals surface area contributed by atoms with Crippen LogP contribution in [0.5, 0.6) is 5.75 Å². The van der Waals surface area contributed by atoms with Gasteiger partial charge in [0.25, 0.3) is 5.91 Å². The molecule has 1 aromatic heterocycles. The van der Waals surface area contributed by atoms with Crippen molar-refractivity contribution in [3.63, 3.8) is 0 Å². The second-order valence-electron chi connectivity index (χ2n) is 7.71. The normalized spacial score (nSPS) is 21.5. The Kier molecular flexibility index (Phi) is 4.24. The largest absolute Gasteiger partial charge is 0.493 e. The summed E-state index contributed by atoms with van der Waals surface area (Å²) in [5, 5.41) is 14.0. The van der Waals surface area contributed by atoms with Crippen molar-refractivity contribution in [3.05, 3.63) is 71.4 Å². The molecule has 0 bridgehead atoms. The predicted octanol–water partition coefficient (Wildman–Crippen LogP) is 3.41. The fourth-order valence-electron chi connectivity index (χ4n) is 4.22. The second-order valence-corrected chi connectivity index (χ2v) is 7.71. The van der Waals surface area contributed by atoms with Crippen molar-refractivity contribution in [2.75, 3.05) is 6.61 Å². The summed E-state index contributed by atoms with van der Waals surface area (Å²) in [7, 11) is 0. The number of fused-ring (bicyclic) bond motifs is 2. The van der Waals surface area contributed by atoms with E-state index in [9.17, 15) is 9.90 Å². The number of carbonyl (C=O) groups is 1. The van der Waals surface area contributed by atoms with Crippen LogP contribution in [0.1, 0.15) is 40.4 Å². The average Bonchev–Trinajstić information content (AvgIpc) is 3.17. The van der Waals surface area contributed by atoms with Crippen LogP contribution in [0, 0.1) is 5.92 Å². The number of pyridine rings is 1. The lowest BCUT2D eigenvalue weighted by Gasteiger charge is -2.38. The van der Waals surface area contributed by atoms with Crippen LogP contribution in [0.4, 0.5) is 0 Å². The highest BCUT2D eigenvalue weighted by atomic mass is 16.5. The van der Waals surface area contributed by atoms with Crippen LogP contribution in [0.25, 0.3) is 10.9 Å². The maximum Gasteiger partial charge on any atom is 0.251 e. The number of nitrogens with one attached hydrogen (secondary N) is 1. The Morgan fingerprint density at radius 2 is 2.07 bits per heavy atom. The van der Waals surface area contributed by atoms with Crippen LogP contribution >= 0.6 is 0 Å². The zero-order valence-corrected chi connectivity index (χ0v) is 15.5. The maximum atomic E-state index is 13.0. The number of amides is 1. The van der Waals surface area contributed by atoms with E-state index >= 15 is 0 Å². The first kappa shape index (κ1) is 17.2. The topological polar surface area (TPSA) is 71.5 Å². The molecule has 1 fully saturated rings. The molecule has 2 aliphatic rings. The van der Waals surface area contributed by atoms with Crippen molar-refractivity contribution in [3.8, 4) is 5.75 Å². The SMILES string of the molecule is O=C(N[C@H](c1ccc2c(c1)CCO2)C1CC(O)C1)c1ccc2ncccc2c1. The Bertz CT molecular complexity index is 1040. The molecule has 1 aliphatic heterocycles. The summed E-state index contributed by atoms with van der Waals surface area (Å²) < 4.78 is 5.61. The van der Waals surface area contributed by atoms with Gasteiger partial charge in [-0.05, 0) is 66.3 Å². The molecular formula is C23H22N2O3. The number of hydrogen-bond donors (Lipinski definition) is 2. The number of ether oxygens (including phenoxy) is 1. The molecule has 0 radical (unpaired) electrons. The van der Waals surface area contributed by atoms with E-state index in [2.05, 4.69) is 16.4 Å². The summed E-state index contributed by atoms with van der Waals surface area (Å²) in [6.07, 6.45) is 3.79. The molecule has 2 heterocycles. The van der Waals surface area contributed by atoms with E-state index in [0.717, 1.165) is 28.6 Å². The third kappa shape index (κ3) is 3.12. The van der Waals surface area contributed by atoms with Gasteiger partial charge < -0.3 is 15.2 Å². The van der Waals surface area contributed by atoms with Crippen LogP contribution in [0.2, 0.25) is 0 Å². The van der Waals surface area contributed by atoms with Crippen LogP contribution < -0.4 is 10.1 Å². The zero-order valence-electron chi connectivity index (χ0n) is 15.5. The van der Waals surface area contributed by atoms with E-state index in [-0.39, 0.29) is 24.0 Å². The highest BCUT2D eigenvalue weighted by Crippen LogP contribution is 2.40. The van der Waals surface area contributed by atoms with Gasteiger partial charge in [0.2, 0.25) is 0 Å². The number of aromatic nitrogens is 1. The Balaban J connectivity index is 1.43. The molecule has 5 nitrogen and oxygen atoms in total. The minimum atomic E-state index is -0.270. The molecule has 2 aromatic carbocycles. The number of nitrogens with zero attached hydrogens (tertiary/aromatic N) is 1. The molecule has 0 saturated heterocycles. The highest BCUT2D eigenvalue weighted by Gasteiger charge is 2.36. The van der Waals surface area contributed by atoms with Crippen LogP contribution in [0.15, 0.2) is 54.7 Å². The Morgan fingerprint density at radius 1 is 1.18 bits per heavy atom. The minimum absolute atomic E-state index is 0.103. The molecule has 0 unspecified atom stereocenters. The number of aliphatic hydroxyl groups excluding tert-OH is 1. The quantitative estimate of drug-likeness (QED) is 0.734. The van der Waals surface area contributed by atoms with Gasteiger partial charge in [0, 0.05) is 23.6 Å². The van der Waals surface area contributed by atoms with Crippen molar-refractivity contribution < 1.29 is 14.6 Å². The van der Waals surface area contributed by atoms with E-state index in [4.69, 9.17) is 4.74 Å². The Hall–Kier alpha value is -2.92. The van der Waals surface area contributed by atoms with Gasteiger partial charge in [-0.1, -0.05) is 12.1 Å². The molecule has 3 aromatic rings. The number of rotatable bonds is 4. The molecule has 0 spiro atoms. The molecular weight excluding hydrogens is 352 g/mol. The van der Waals surface area contributed by atoms with E-state index in [1.54, 1.807) is 6.20 Å². The number of aliphatic hydroxyl groups is 1. The van der Waals surface area contributed by atoms with Gasteiger partial charge in [0.05, 0.1) is 24.3 Å². The van der Waals surface area contributed by atoms with Crippen LogP contribution in [-0.4, -0.2) is 28.7 Å². The molecule has 5 heteroatoms. The molecule has 1 amide bonds. The molecule has 1 saturated carbocycles. The summed E-state index contributed by atoms with van der Waals surface area (Å²) in [4.78, 5) is 17.3. The van der Waals surface area contributed by atoms with E-state index in [1.165, 1.54) is 5.56 Å². The lowest BCUT2D eigenvalue weighted by Crippen LogP contribution is -2.41. The molecule has 1 aliphatic carbocycles. The summed E-state index contributed by atoms with van der Waals surface area (Å²) in [6.45, 7) is 0.711. The average molecular weight is 374 g/mol.